The van der Waals surface area contributed by atoms with Crippen molar-refractivity contribution in [1.82, 2.24) is 52.3 Å². The smallest absolute Gasteiger partial charge is 0.246 e. The molecule has 0 unspecified atom stereocenters. The Balaban J connectivity index is 1.63. The van der Waals surface area contributed by atoms with Gasteiger partial charge in [-0.1, -0.05) is 70.2 Å². The highest BCUT2D eigenvalue weighted by molar-refractivity contribution is 6.01. The number of hydrogen-bond acceptors (Lipinski definition) is 16. The van der Waals surface area contributed by atoms with Crippen molar-refractivity contribution in [2.75, 3.05) is 19.6 Å². The summed E-state index contributed by atoms with van der Waals surface area (Å²) in [5.74, 6) is -13.9. The summed E-state index contributed by atoms with van der Waals surface area (Å²) in [6, 6.07) is -1.31. The van der Waals surface area contributed by atoms with Crippen LogP contribution in [0.1, 0.15) is 109 Å². The summed E-state index contributed by atoms with van der Waals surface area (Å²) in [5.41, 5.74) is 23.3. The fourth-order valence-electron chi connectivity index (χ4n) is 10.6. The van der Waals surface area contributed by atoms with E-state index in [9.17, 15) is 72.5 Å². The van der Waals surface area contributed by atoms with E-state index in [1.807, 2.05) is 0 Å². The molecule has 0 saturated carbocycles. The van der Waals surface area contributed by atoms with E-state index in [1.165, 1.54) is 29.2 Å². The molecular formula is C58H84N14O15. The van der Waals surface area contributed by atoms with E-state index in [1.54, 1.807) is 58.0 Å². The number of nitrogens with one attached hydrogen (secondary N) is 8. The van der Waals surface area contributed by atoms with Gasteiger partial charge in [0.05, 0.1) is 18.9 Å². The molecule has 29 nitrogen and oxygen atoms in total. The Kier molecular flexibility index (Phi) is 25.9. The number of nitrogens with zero attached hydrogens (tertiary/aromatic N) is 2. The normalized spacial score (nSPS) is 26.3. The van der Waals surface area contributed by atoms with Gasteiger partial charge in [-0.2, -0.15) is 0 Å². The summed E-state index contributed by atoms with van der Waals surface area (Å²) < 4.78 is 0. The number of rotatable bonds is 18. The molecule has 476 valence electrons. The van der Waals surface area contributed by atoms with E-state index in [-0.39, 0.29) is 82.7 Å². The number of fused-ring (bicyclic) bond motifs is 2. The van der Waals surface area contributed by atoms with Gasteiger partial charge in [-0.25, -0.2) is 0 Å². The van der Waals surface area contributed by atoms with Gasteiger partial charge in [-0.15, -0.1) is 0 Å². The Bertz CT molecular complexity index is 2820. The third-order valence-corrected chi connectivity index (χ3v) is 15.1. The number of aliphatic hydroxyl groups is 1. The molecule has 0 bridgehead atoms. The fraction of sp³-hybridized carbons (Fsp3) is 0.569. The van der Waals surface area contributed by atoms with Crippen molar-refractivity contribution in [3.8, 4) is 5.75 Å². The molecule has 5 rings (SSSR count). The average molecular weight is 1220 g/mol. The number of benzene rings is 2. The minimum atomic E-state index is -1.96. The molecule has 13 amide bonds. The minimum Gasteiger partial charge on any atom is -0.508 e. The van der Waals surface area contributed by atoms with E-state index < -0.39 is 175 Å². The van der Waals surface area contributed by atoms with Crippen LogP contribution in [0, 0.1) is 11.8 Å². The molecule has 29 heteroatoms. The number of nitrogens with two attached hydrogens (primary N) is 4. The van der Waals surface area contributed by atoms with Gasteiger partial charge in [0.2, 0.25) is 76.8 Å². The zero-order valence-electron chi connectivity index (χ0n) is 49.4. The van der Waals surface area contributed by atoms with E-state index in [0.717, 1.165) is 4.90 Å². The minimum absolute atomic E-state index is 0.0111. The van der Waals surface area contributed by atoms with Crippen LogP contribution in [-0.4, -0.2) is 183 Å². The number of primary amides is 3. The standard InChI is InChI=1S/C58H84N14O15/c1-30(2)23-38-51(80)69-42(25-32-11-6-5-7-12-32)57(86)71-22-10-14-43(71)55(84)68-39(24-33-15-17-34(73)18-16-33)52(81)65-41(28-47(62)77)54(83)66-40(27-46(61)76)53(82)64-37(19-20-45(60)75)49(78)63-36(13-8-9-21-59)50(79)70-48(31(3)4)58(87)72-29-35(74)26-44(72)56(85)67-38/h5-7,11-12,15-18,30-31,35-44,48,73-74H,8-10,13-14,19-29,59H2,1-4H3,(H2,60,75)(H2,61,76)(H2,62,77)(H,63,78)(H,64,82)(H,65,81)(H,66,83)(H,67,85)(H,68,84)(H,69,80)(H,70,79)/t35-,36-,37-,38+,39+,40+,41+,42-,43+,44+,48+/m1/s1. The number of unbranched alkanes of at least 4 members (excludes halogenated alkanes) is 1. The van der Waals surface area contributed by atoms with Crippen LogP contribution in [0.25, 0.3) is 0 Å². The van der Waals surface area contributed by atoms with Crippen LogP contribution in [0.15, 0.2) is 54.6 Å². The third kappa shape index (κ3) is 20.7. The van der Waals surface area contributed by atoms with Crippen molar-refractivity contribution in [1.29, 1.82) is 0 Å². The summed E-state index contributed by atoms with van der Waals surface area (Å²) in [6.07, 6.45) is -3.96. The number of carbonyl (C=O) groups is 13. The highest BCUT2D eigenvalue weighted by Crippen LogP contribution is 2.24. The first-order chi connectivity index (χ1) is 41.1. The second kappa shape index (κ2) is 32.7. The van der Waals surface area contributed by atoms with Crippen LogP contribution in [0.3, 0.4) is 0 Å². The van der Waals surface area contributed by atoms with Crippen molar-refractivity contribution in [3.05, 3.63) is 65.7 Å². The topological polar surface area (TPSA) is 469 Å². The average Bonchev–Trinajstić information content (AvgIpc) is 2.80. The predicted molar refractivity (Wildman–Crippen MR) is 312 cm³/mol. The number of phenolic OH excluding ortho intramolecular Hbond substituents is 1. The van der Waals surface area contributed by atoms with Gasteiger partial charge >= 0.3 is 0 Å². The summed E-state index contributed by atoms with van der Waals surface area (Å²) in [7, 11) is 0. The van der Waals surface area contributed by atoms with Crippen LogP contribution in [-0.2, 0) is 75.2 Å². The second-order valence-electron chi connectivity index (χ2n) is 23.1. The summed E-state index contributed by atoms with van der Waals surface area (Å²) in [4.78, 5) is 185. The number of amides is 13. The molecule has 3 aliphatic rings. The van der Waals surface area contributed by atoms with Crippen molar-refractivity contribution in [3.63, 3.8) is 0 Å². The quantitative estimate of drug-likeness (QED) is 0.0631. The SMILES string of the molecule is CC(C)C[C@@H]1NC(=O)[C@@H]2C[C@@H](O)CN2C(=O)[C@H](C(C)C)NC(=O)[C@@H](CCCCN)NC(=O)[C@@H](CCC(N)=O)NC(=O)[C@H](CC(N)=O)NC(=O)[C@H](CC(N)=O)NC(=O)[C@H](Cc2ccc(O)cc2)NC(=O)[C@@H]2CCCN2C(=O)[C@@H](Cc2ccccc2)NC1=O. The van der Waals surface area contributed by atoms with Crippen LogP contribution >= 0.6 is 0 Å². The van der Waals surface area contributed by atoms with E-state index in [2.05, 4.69) is 42.5 Å². The Labute approximate surface area is 503 Å². The highest BCUT2D eigenvalue weighted by atomic mass is 16.3. The molecular weight excluding hydrogens is 1130 g/mol. The Morgan fingerprint density at radius 1 is 0.540 bits per heavy atom. The number of hydrogen-bond donors (Lipinski definition) is 14. The molecule has 3 aliphatic heterocycles. The Morgan fingerprint density at radius 3 is 1.59 bits per heavy atom. The van der Waals surface area contributed by atoms with Gasteiger partial charge in [0, 0.05) is 38.8 Å². The molecule has 0 radical (unpaired) electrons. The second-order valence-corrected chi connectivity index (χ2v) is 23.1. The predicted octanol–water partition coefficient (Wildman–Crippen LogP) is -4.13. The van der Waals surface area contributed by atoms with E-state index >= 15 is 0 Å². The lowest BCUT2D eigenvalue weighted by Crippen LogP contribution is -2.62. The van der Waals surface area contributed by atoms with Crippen LogP contribution in [0.5, 0.6) is 5.75 Å². The fourth-order valence-corrected chi connectivity index (χ4v) is 10.6. The van der Waals surface area contributed by atoms with Gasteiger partial charge in [-0.3, -0.25) is 62.3 Å². The molecule has 18 N–H and O–H groups in total. The van der Waals surface area contributed by atoms with Gasteiger partial charge in [0.1, 0.15) is 66.2 Å². The summed E-state index contributed by atoms with van der Waals surface area (Å²) in [6.45, 7) is 6.60. The molecule has 2 aromatic rings. The first kappa shape index (κ1) is 69.0. The first-order valence-electron chi connectivity index (χ1n) is 29.2. The van der Waals surface area contributed by atoms with Crippen molar-refractivity contribution in [2.24, 2.45) is 34.8 Å². The monoisotopic (exact) mass is 1220 g/mol. The van der Waals surface area contributed by atoms with Crippen LogP contribution in [0.2, 0.25) is 0 Å². The molecule has 0 spiro atoms. The van der Waals surface area contributed by atoms with E-state index in [4.69, 9.17) is 22.9 Å². The lowest BCUT2D eigenvalue weighted by atomic mass is 9.99. The number of phenols is 1. The Hall–Kier alpha value is -8.73. The zero-order valence-corrected chi connectivity index (χ0v) is 49.4. The van der Waals surface area contributed by atoms with Gasteiger partial charge in [0.15, 0.2) is 0 Å². The van der Waals surface area contributed by atoms with Crippen LogP contribution < -0.4 is 65.5 Å². The lowest BCUT2D eigenvalue weighted by Gasteiger charge is -2.33. The molecule has 11 atom stereocenters. The van der Waals surface area contributed by atoms with E-state index in [0.29, 0.717) is 17.5 Å². The molecule has 0 aromatic heterocycles. The lowest BCUT2D eigenvalue weighted by molar-refractivity contribution is -0.144. The zero-order chi connectivity index (χ0) is 64.2. The number of carbonyl (C=O) groups excluding carboxylic acids is 13. The Morgan fingerprint density at radius 2 is 1.02 bits per heavy atom. The largest absolute Gasteiger partial charge is 0.508 e. The maximum atomic E-state index is 15.0. The summed E-state index contributed by atoms with van der Waals surface area (Å²) >= 11 is 0. The molecule has 2 aromatic carbocycles. The molecule has 87 heavy (non-hydrogen) atoms. The number of aliphatic hydroxyl groups excluding tert-OH is 1. The molecule has 0 aliphatic carbocycles. The van der Waals surface area contributed by atoms with Gasteiger partial charge in [-0.05, 0) is 86.6 Å². The first-order valence-corrected chi connectivity index (χ1v) is 29.2. The molecule has 3 heterocycles. The number of aromatic hydroxyl groups is 1. The third-order valence-electron chi connectivity index (χ3n) is 15.1. The van der Waals surface area contributed by atoms with Gasteiger partial charge in [0.25, 0.3) is 0 Å². The highest BCUT2D eigenvalue weighted by Gasteiger charge is 2.45. The van der Waals surface area contributed by atoms with Gasteiger partial charge < -0.3 is 85.5 Å². The van der Waals surface area contributed by atoms with Crippen molar-refractivity contribution >= 4 is 76.8 Å². The molecule has 3 saturated heterocycles. The maximum absolute atomic E-state index is 15.0. The molecule has 3 fully saturated rings. The van der Waals surface area contributed by atoms with Crippen molar-refractivity contribution in [2.45, 2.75) is 178 Å². The maximum Gasteiger partial charge on any atom is 0.246 e. The van der Waals surface area contributed by atoms with Crippen LogP contribution in [0.4, 0.5) is 0 Å². The summed E-state index contributed by atoms with van der Waals surface area (Å²) in [5, 5.41) is 41.5. The van der Waals surface area contributed by atoms with Crippen molar-refractivity contribution < 1.29 is 72.5 Å².